The van der Waals surface area contributed by atoms with E-state index in [9.17, 15) is 4.79 Å². The van der Waals surface area contributed by atoms with Gasteiger partial charge in [-0.25, -0.2) is 14.6 Å². The molecule has 0 unspecified atom stereocenters. The number of aryl methyl sites for hydroxylation is 1. The fourth-order valence-corrected chi connectivity index (χ4v) is 19.4. The maximum absolute atomic E-state index is 16.2. The summed E-state index contributed by atoms with van der Waals surface area (Å²) >= 11 is 3.54. The maximum atomic E-state index is 16.2. The fourth-order valence-electron chi connectivity index (χ4n) is 17.2. The molecule has 0 fully saturated rings. The van der Waals surface area contributed by atoms with Gasteiger partial charge in [0.1, 0.15) is 11.5 Å². The molecule has 0 radical (unpaired) electrons. The summed E-state index contributed by atoms with van der Waals surface area (Å²) in [5.74, 6) is -0.597. The Kier molecular flexibility index (Phi) is 29.3. The number of fused-ring (bicyclic) bond motifs is 2. The van der Waals surface area contributed by atoms with Crippen LogP contribution in [-0.4, -0.2) is 56.0 Å². The smallest absolute Gasteiger partial charge is 0.338 e. The lowest BCUT2D eigenvalue weighted by Crippen LogP contribution is -2.42. The Labute approximate surface area is 675 Å². The average molecular weight is 1550 g/mol. The van der Waals surface area contributed by atoms with Crippen molar-refractivity contribution < 1.29 is 38.2 Å². The first-order chi connectivity index (χ1) is 54.4. The number of hydrogen-bond donors (Lipinski definition) is 1. The fraction of sp³-hybridized carbons (Fsp3) is 0.485. The van der Waals surface area contributed by atoms with Crippen molar-refractivity contribution in [2.24, 2.45) is 0 Å². The highest BCUT2D eigenvalue weighted by molar-refractivity contribution is 7.24. The van der Waals surface area contributed by atoms with Crippen molar-refractivity contribution in [3.05, 3.63) is 170 Å². The maximum Gasteiger partial charge on any atom is 0.338 e. The lowest BCUT2D eigenvalue weighted by Gasteiger charge is -2.34. The number of hydrogen-bond acceptors (Lipinski definition) is 11. The molecule has 1 N–H and O–H groups in total. The monoisotopic (exact) mass is 1550 g/mol. The highest BCUT2D eigenvalue weighted by Gasteiger charge is 2.42. The molecule has 112 heavy (non-hydrogen) atoms. The topological polar surface area (TPSA) is 132 Å². The Morgan fingerprint density at radius 3 is 1.26 bits per heavy atom. The Balaban J connectivity index is 0.858. The summed E-state index contributed by atoms with van der Waals surface area (Å²) < 4.78 is 18.7. The number of amides is 4. The normalized spacial score (nSPS) is 13.1. The Bertz CT molecular complexity index is 4820. The molecule has 0 bridgehead atoms. The van der Waals surface area contributed by atoms with E-state index in [-0.39, 0.29) is 53.9 Å². The molecule has 2 aliphatic heterocycles. The first-order valence-electron chi connectivity index (χ1n) is 43.3. The summed E-state index contributed by atoms with van der Waals surface area (Å²) in [4.78, 5) is 85.6. The van der Waals surface area contributed by atoms with Gasteiger partial charge in [-0.1, -0.05) is 266 Å². The number of thiophene rings is 2. The minimum Gasteiger partial charge on any atom is -0.493 e. The van der Waals surface area contributed by atoms with E-state index in [0.29, 0.717) is 87.6 Å². The van der Waals surface area contributed by atoms with Crippen molar-refractivity contribution in [3.8, 4) is 31.7 Å². The molecule has 8 aromatic carbocycles. The molecule has 4 heterocycles. The number of para-hydroxylation sites is 2. The largest absolute Gasteiger partial charge is 0.493 e. The lowest BCUT2D eigenvalue weighted by molar-refractivity contribution is 0.0496. The number of unbranched alkanes of at least 4 members (excludes halogenated alkanes) is 24. The summed E-state index contributed by atoms with van der Waals surface area (Å²) in [6.07, 6.45) is 33.7. The van der Waals surface area contributed by atoms with Crippen LogP contribution in [0.5, 0.6) is 11.5 Å². The third kappa shape index (κ3) is 18.7. The van der Waals surface area contributed by atoms with Crippen molar-refractivity contribution in [1.29, 1.82) is 0 Å². The van der Waals surface area contributed by atoms with Gasteiger partial charge in [0, 0.05) is 81.6 Å². The van der Waals surface area contributed by atoms with Crippen LogP contribution in [0.2, 0.25) is 0 Å². The molecule has 4 amide bonds. The van der Waals surface area contributed by atoms with Gasteiger partial charge in [-0.05, 0) is 173 Å². The number of rotatable bonds is 46. The molecule has 0 spiro atoms. The molecular weight excluding hydrogens is 1420 g/mol. The van der Waals surface area contributed by atoms with E-state index in [1.54, 1.807) is 23.5 Å². The Morgan fingerprint density at radius 2 is 0.768 bits per heavy atom. The zero-order valence-electron chi connectivity index (χ0n) is 69.1. The number of carbonyl (C=O) groups excluding carboxylic acids is 5. The summed E-state index contributed by atoms with van der Waals surface area (Å²) in [5, 5.41) is 9.97. The zero-order chi connectivity index (χ0) is 79.0. The third-order valence-corrected chi connectivity index (χ3v) is 25.8. The quantitative estimate of drug-likeness (QED) is 0.0130. The molecule has 13 heteroatoms. The second-order valence-electron chi connectivity index (χ2n) is 33.1. The standard InChI is InChI=1S/C99H123N3O8S2/c1-12-15-18-21-23-25-27-29-32-37-56-108-69-59-68(60-70(61-69)109-57-38-33-30-28-26-24-22-19-16-13-2)99(107)110-58-39-34-31-36-55-100-83-63-82-89-79(96(104)102(98(82)106)94-74(66(8)9)45-41-46-75(94)67(10)11)50-48-76-87-80(84-53-54-86(112-84)85-52-47-71(111-85)42-35-20-17-14-3)62-81-88-78(51-49-77(91(87)88)90(83)92(76)89)95(103)101(97(81)105)93-72(64(4)5)43-40-44-73(93)65(6)7/h40-41,43-54,59-67,100H,12-39,42,55-58H2,1-11H3. The molecule has 12 rings (SSSR count). The van der Waals surface area contributed by atoms with E-state index in [0.717, 1.165) is 133 Å². The summed E-state index contributed by atoms with van der Waals surface area (Å²) in [5.41, 5.74) is 8.75. The Morgan fingerprint density at radius 1 is 0.366 bits per heavy atom. The molecule has 0 saturated heterocycles. The van der Waals surface area contributed by atoms with Gasteiger partial charge < -0.3 is 19.5 Å². The number of ether oxygens (including phenoxy) is 3. The second-order valence-corrected chi connectivity index (χ2v) is 35.3. The number of carbonyl (C=O) groups is 5. The van der Waals surface area contributed by atoms with Crippen LogP contribution in [0.15, 0.2) is 115 Å². The first kappa shape index (κ1) is 83.0. The van der Waals surface area contributed by atoms with E-state index in [2.05, 4.69) is 112 Å². The van der Waals surface area contributed by atoms with Crippen molar-refractivity contribution in [2.45, 2.75) is 286 Å². The number of benzene rings is 8. The van der Waals surface area contributed by atoms with Crippen LogP contribution in [0.4, 0.5) is 17.1 Å². The summed E-state index contributed by atoms with van der Waals surface area (Å²) in [6, 6.07) is 38.6. The minimum absolute atomic E-state index is 0.00803. The number of nitrogens with zero attached hydrogens (tertiary/aromatic N) is 2. The van der Waals surface area contributed by atoms with Gasteiger partial charge in [0.15, 0.2) is 0 Å². The van der Waals surface area contributed by atoms with Crippen LogP contribution >= 0.6 is 22.7 Å². The SMILES string of the molecule is CCCCCCCCCCCCOc1cc(OCCCCCCCCCCCC)cc(C(=O)OCCCCCCNc2cc3c4c(ccc5c6c(-c7ccc(-c8ccc(CCCCCC)s8)s7)cc7c8c(ccc(c2c45)c86)C(=O)N(c2c(C(C)C)cccc2C(C)C)C7=O)C(=O)N(c2c(C(C)C)cccc2C(C)C)C3=O)c1. The van der Waals surface area contributed by atoms with Gasteiger partial charge in [0.05, 0.1) is 42.3 Å². The molecular formula is C99H123N3O8S2. The van der Waals surface area contributed by atoms with Crippen LogP contribution in [0.1, 0.15) is 359 Å². The van der Waals surface area contributed by atoms with Crippen LogP contribution in [0.3, 0.4) is 0 Å². The van der Waals surface area contributed by atoms with E-state index >= 15 is 19.2 Å². The van der Waals surface area contributed by atoms with Crippen LogP contribution in [0.25, 0.3) is 63.3 Å². The van der Waals surface area contributed by atoms with Crippen LogP contribution < -0.4 is 24.6 Å². The third-order valence-electron chi connectivity index (χ3n) is 23.3. The van der Waals surface area contributed by atoms with Gasteiger partial charge in [0.2, 0.25) is 0 Å². The van der Waals surface area contributed by atoms with Crippen molar-refractivity contribution >= 4 is 112 Å². The molecule has 2 aromatic heterocycles. The van der Waals surface area contributed by atoms with Crippen molar-refractivity contribution in [1.82, 2.24) is 0 Å². The predicted octanol–water partition coefficient (Wildman–Crippen LogP) is 28.8. The van der Waals surface area contributed by atoms with E-state index in [1.807, 2.05) is 84.1 Å². The van der Waals surface area contributed by atoms with E-state index in [4.69, 9.17) is 14.2 Å². The van der Waals surface area contributed by atoms with E-state index < -0.39 is 5.97 Å². The molecule has 0 aliphatic carbocycles. The highest BCUT2D eigenvalue weighted by Crippen LogP contribution is 2.54. The number of anilines is 3. The average Bonchev–Trinajstić information content (AvgIpc) is 1.12. The second kappa shape index (κ2) is 39.6. The molecule has 0 atom stereocenters. The zero-order valence-corrected chi connectivity index (χ0v) is 70.7. The van der Waals surface area contributed by atoms with Gasteiger partial charge in [-0.3, -0.25) is 19.2 Å². The van der Waals surface area contributed by atoms with E-state index in [1.165, 1.54) is 142 Å². The number of imide groups is 2. The number of esters is 1. The van der Waals surface area contributed by atoms with Crippen molar-refractivity contribution in [2.75, 3.05) is 41.5 Å². The van der Waals surface area contributed by atoms with Crippen molar-refractivity contribution in [3.63, 3.8) is 0 Å². The minimum atomic E-state index is -0.397. The summed E-state index contributed by atoms with van der Waals surface area (Å²) in [6.45, 7) is 25.6. The van der Waals surface area contributed by atoms with Gasteiger partial charge in [-0.15, -0.1) is 22.7 Å². The van der Waals surface area contributed by atoms with Crippen LogP contribution in [0, 0.1) is 0 Å². The number of nitrogens with one attached hydrogen (secondary N) is 1. The van der Waals surface area contributed by atoms with Gasteiger partial charge in [-0.2, -0.15) is 0 Å². The molecule has 10 aromatic rings. The summed E-state index contributed by atoms with van der Waals surface area (Å²) in [7, 11) is 0. The molecule has 11 nitrogen and oxygen atoms in total. The van der Waals surface area contributed by atoms with Gasteiger partial charge in [0.25, 0.3) is 23.6 Å². The molecule has 0 saturated carbocycles. The first-order valence-corrected chi connectivity index (χ1v) is 44.9. The predicted molar refractivity (Wildman–Crippen MR) is 472 cm³/mol. The Hall–Kier alpha value is -8.39. The lowest BCUT2D eigenvalue weighted by atomic mass is 9.79. The highest BCUT2D eigenvalue weighted by atomic mass is 32.1. The molecule has 594 valence electrons. The molecule has 2 aliphatic rings. The van der Waals surface area contributed by atoms with Crippen LogP contribution in [-0.2, 0) is 11.2 Å². The van der Waals surface area contributed by atoms with Gasteiger partial charge >= 0.3 is 5.97 Å².